The van der Waals surface area contributed by atoms with Crippen LogP contribution >= 0.6 is 0 Å². The molecule has 2 aromatic carbocycles. The molecule has 0 bridgehead atoms. The van der Waals surface area contributed by atoms with Crippen LogP contribution in [0.15, 0.2) is 48.7 Å². The number of carbonyl (C=O) groups is 2. The lowest BCUT2D eigenvalue weighted by molar-refractivity contribution is -0.143. The number of fused-ring (bicyclic) bond motifs is 1. The fourth-order valence-corrected chi connectivity index (χ4v) is 3.40. The number of nitrogens with zero attached hydrogens (tertiary/aromatic N) is 1. The number of rotatable bonds is 9. The van der Waals surface area contributed by atoms with Crippen LogP contribution in [0.5, 0.6) is 5.75 Å². The van der Waals surface area contributed by atoms with E-state index in [-0.39, 0.29) is 17.3 Å². The van der Waals surface area contributed by atoms with Crippen molar-refractivity contribution >= 4 is 22.8 Å². The summed E-state index contributed by atoms with van der Waals surface area (Å²) in [6, 6.07) is 11.7. The quantitative estimate of drug-likeness (QED) is 0.496. The van der Waals surface area contributed by atoms with Crippen LogP contribution in [0.1, 0.15) is 55.8 Å². The van der Waals surface area contributed by atoms with Crippen LogP contribution in [0.3, 0.4) is 0 Å². The summed E-state index contributed by atoms with van der Waals surface area (Å²) in [4.78, 5) is 29.1. The minimum atomic E-state index is -1.19. The molecule has 6 heteroatoms. The third-order valence-corrected chi connectivity index (χ3v) is 4.91. The number of aromatic carboxylic acids is 1. The Morgan fingerprint density at radius 2 is 1.83 bits per heavy atom. The van der Waals surface area contributed by atoms with E-state index in [1.54, 1.807) is 36.5 Å². The first-order valence-corrected chi connectivity index (χ1v) is 9.89. The number of hydrogen-bond donors (Lipinski definition) is 2. The van der Waals surface area contributed by atoms with Crippen LogP contribution in [0.4, 0.5) is 0 Å². The Hall–Kier alpha value is -3.28. The zero-order chi connectivity index (χ0) is 20.8. The van der Waals surface area contributed by atoms with E-state index >= 15 is 0 Å². The molecule has 6 nitrogen and oxygen atoms in total. The topological polar surface area (TPSA) is 88.8 Å². The average molecular weight is 395 g/mol. The highest BCUT2D eigenvalue weighted by Crippen LogP contribution is 2.32. The van der Waals surface area contributed by atoms with Gasteiger partial charge in [-0.3, -0.25) is 0 Å². The van der Waals surface area contributed by atoms with E-state index in [1.807, 2.05) is 6.07 Å². The van der Waals surface area contributed by atoms with Gasteiger partial charge < -0.3 is 15.1 Å². The summed E-state index contributed by atoms with van der Waals surface area (Å²) in [5.74, 6) is -1.74. The second-order valence-corrected chi connectivity index (χ2v) is 7.05. The Labute approximate surface area is 169 Å². The van der Waals surface area contributed by atoms with Crippen molar-refractivity contribution in [3.63, 3.8) is 0 Å². The SMILES string of the molecule is CCCCCCCC(=O)On1ccc2cc(-c3cccc(O)c3C(=O)O)ccc21. The van der Waals surface area contributed by atoms with E-state index in [1.165, 1.54) is 23.6 Å². The Morgan fingerprint density at radius 1 is 1.03 bits per heavy atom. The summed E-state index contributed by atoms with van der Waals surface area (Å²) in [6.07, 6.45) is 7.37. The molecule has 2 N–H and O–H groups in total. The molecule has 152 valence electrons. The molecule has 1 aromatic heterocycles. The molecular formula is C23H25NO5. The molecule has 0 saturated carbocycles. The standard InChI is InChI=1S/C23H25NO5/c1-2-3-4-5-6-10-21(26)29-24-14-13-17-15-16(11-12-19(17)24)18-8-7-9-20(25)22(18)23(27)28/h7-9,11-15,25H,2-6,10H2,1H3,(H,27,28). The van der Waals surface area contributed by atoms with E-state index < -0.39 is 5.97 Å². The molecule has 0 unspecified atom stereocenters. The van der Waals surface area contributed by atoms with E-state index in [0.717, 1.165) is 24.6 Å². The van der Waals surface area contributed by atoms with E-state index in [4.69, 9.17) is 4.84 Å². The summed E-state index contributed by atoms with van der Waals surface area (Å²) < 4.78 is 1.44. The van der Waals surface area contributed by atoms with Crippen molar-refractivity contribution in [2.45, 2.75) is 45.4 Å². The van der Waals surface area contributed by atoms with Gasteiger partial charge in [0.15, 0.2) is 0 Å². The summed E-state index contributed by atoms with van der Waals surface area (Å²) in [7, 11) is 0. The molecule has 0 spiro atoms. The molecule has 0 radical (unpaired) electrons. The molecule has 0 aliphatic heterocycles. The molecule has 0 aliphatic carbocycles. The second kappa shape index (κ2) is 9.28. The van der Waals surface area contributed by atoms with Gasteiger partial charge in [0.05, 0.1) is 5.52 Å². The van der Waals surface area contributed by atoms with Crippen LogP contribution < -0.4 is 4.84 Å². The maximum Gasteiger partial charge on any atom is 0.340 e. The van der Waals surface area contributed by atoms with Gasteiger partial charge in [-0.15, -0.1) is 0 Å². The average Bonchev–Trinajstić information content (AvgIpc) is 3.09. The number of hydrogen-bond acceptors (Lipinski definition) is 4. The van der Waals surface area contributed by atoms with Crippen molar-refractivity contribution in [3.05, 3.63) is 54.2 Å². The first-order valence-electron chi connectivity index (χ1n) is 9.89. The highest BCUT2D eigenvalue weighted by molar-refractivity contribution is 6.00. The molecule has 0 saturated heterocycles. The smallest absolute Gasteiger partial charge is 0.340 e. The van der Waals surface area contributed by atoms with E-state index in [0.29, 0.717) is 23.1 Å². The molecular weight excluding hydrogens is 370 g/mol. The lowest BCUT2D eigenvalue weighted by Crippen LogP contribution is -2.18. The molecule has 3 rings (SSSR count). The van der Waals surface area contributed by atoms with Crippen molar-refractivity contribution < 1.29 is 24.6 Å². The Bertz CT molecular complexity index is 1020. The summed E-state index contributed by atoms with van der Waals surface area (Å²) in [6.45, 7) is 2.15. The molecule has 0 fully saturated rings. The maximum atomic E-state index is 12.1. The van der Waals surface area contributed by atoms with Crippen LogP contribution in [0.25, 0.3) is 22.0 Å². The molecule has 29 heavy (non-hydrogen) atoms. The number of carboxylic acid groups (broad SMARTS) is 1. The van der Waals surface area contributed by atoms with Crippen molar-refractivity contribution in [1.82, 2.24) is 4.73 Å². The van der Waals surface area contributed by atoms with Crippen LogP contribution in [0, 0.1) is 0 Å². The monoisotopic (exact) mass is 395 g/mol. The minimum Gasteiger partial charge on any atom is -0.507 e. The van der Waals surface area contributed by atoms with Crippen molar-refractivity contribution in [2.24, 2.45) is 0 Å². The third-order valence-electron chi connectivity index (χ3n) is 4.91. The van der Waals surface area contributed by atoms with Crippen molar-refractivity contribution in [1.29, 1.82) is 0 Å². The van der Waals surface area contributed by atoms with Gasteiger partial charge in [0.2, 0.25) is 0 Å². The van der Waals surface area contributed by atoms with Gasteiger partial charge >= 0.3 is 11.9 Å². The normalized spacial score (nSPS) is 10.9. The van der Waals surface area contributed by atoms with Gasteiger partial charge in [-0.25, -0.2) is 9.59 Å². The number of carbonyl (C=O) groups excluding carboxylic acids is 1. The predicted octanol–water partition coefficient (Wildman–Crippen LogP) is 5.03. The number of phenols is 1. The molecule has 3 aromatic rings. The van der Waals surface area contributed by atoms with Crippen LogP contribution in [0.2, 0.25) is 0 Å². The Kier molecular flexibility index (Phi) is 6.54. The van der Waals surface area contributed by atoms with Crippen LogP contribution in [-0.4, -0.2) is 26.9 Å². The zero-order valence-corrected chi connectivity index (χ0v) is 16.4. The highest BCUT2D eigenvalue weighted by atomic mass is 16.7. The molecule has 1 heterocycles. The second-order valence-electron chi connectivity index (χ2n) is 7.05. The lowest BCUT2D eigenvalue weighted by atomic mass is 9.98. The number of unbranched alkanes of at least 4 members (excludes halogenated alkanes) is 4. The maximum absolute atomic E-state index is 12.1. The van der Waals surface area contributed by atoms with Gasteiger partial charge in [0.25, 0.3) is 0 Å². The zero-order valence-electron chi connectivity index (χ0n) is 16.4. The minimum absolute atomic E-state index is 0.138. The third kappa shape index (κ3) is 4.77. The fraction of sp³-hybridized carbons (Fsp3) is 0.304. The van der Waals surface area contributed by atoms with Crippen molar-refractivity contribution in [3.8, 4) is 16.9 Å². The largest absolute Gasteiger partial charge is 0.507 e. The molecule has 0 aliphatic rings. The number of aromatic hydroxyl groups is 1. The number of aromatic nitrogens is 1. The first kappa shape index (κ1) is 20.5. The molecule has 0 amide bonds. The molecule has 0 atom stereocenters. The number of benzene rings is 2. The van der Waals surface area contributed by atoms with Gasteiger partial charge in [-0.1, -0.05) is 50.8 Å². The number of carboxylic acids is 1. The van der Waals surface area contributed by atoms with Gasteiger partial charge in [-0.2, -0.15) is 4.73 Å². The Balaban J connectivity index is 1.77. The lowest BCUT2D eigenvalue weighted by Gasteiger charge is -2.09. The van der Waals surface area contributed by atoms with Gasteiger partial charge in [-0.05, 0) is 41.8 Å². The Morgan fingerprint density at radius 3 is 2.59 bits per heavy atom. The summed E-state index contributed by atoms with van der Waals surface area (Å²) in [5.41, 5.74) is 1.66. The van der Waals surface area contributed by atoms with E-state index in [9.17, 15) is 19.8 Å². The van der Waals surface area contributed by atoms with Crippen molar-refractivity contribution in [2.75, 3.05) is 0 Å². The highest BCUT2D eigenvalue weighted by Gasteiger charge is 2.17. The van der Waals surface area contributed by atoms with Gasteiger partial charge in [0.1, 0.15) is 11.3 Å². The van der Waals surface area contributed by atoms with E-state index in [2.05, 4.69) is 6.92 Å². The van der Waals surface area contributed by atoms with Crippen LogP contribution in [-0.2, 0) is 4.79 Å². The predicted molar refractivity (Wildman–Crippen MR) is 111 cm³/mol. The summed E-state index contributed by atoms with van der Waals surface area (Å²) >= 11 is 0. The fourth-order valence-electron chi connectivity index (χ4n) is 3.40. The first-order chi connectivity index (χ1) is 14.0. The summed E-state index contributed by atoms with van der Waals surface area (Å²) in [5, 5.41) is 20.1. The van der Waals surface area contributed by atoms with Gasteiger partial charge in [0, 0.05) is 18.0 Å².